The van der Waals surface area contributed by atoms with Crippen molar-refractivity contribution in [3.8, 4) is 11.3 Å². The molecule has 0 fully saturated rings. The maximum atomic E-state index is 14.7. The molecule has 0 spiro atoms. The minimum absolute atomic E-state index is 0.0533. The van der Waals surface area contributed by atoms with Gasteiger partial charge in [-0.15, -0.1) is 23.1 Å². The van der Waals surface area contributed by atoms with Gasteiger partial charge < -0.3 is 16.0 Å². The average Bonchev–Trinajstić information content (AvgIpc) is 3.60. The number of rotatable bonds is 11. The molecule has 6 rings (SSSR count). The van der Waals surface area contributed by atoms with Gasteiger partial charge in [0.25, 0.3) is 11.8 Å². The number of halogens is 4. The lowest BCUT2D eigenvalue weighted by molar-refractivity contribution is -0.116. The van der Waals surface area contributed by atoms with E-state index in [-0.39, 0.29) is 22.2 Å². The van der Waals surface area contributed by atoms with E-state index in [0.717, 1.165) is 10.5 Å². The van der Waals surface area contributed by atoms with Crippen LogP contribution in [-0.4, -0.2) is 22.7 Å². The Morgan fingerprint density at radius 3 is 2.19 bits per heavy atom. The summed E-state index contributed by atoms with van der Waals surface area (Å²) in [5, 5.41) is 10.9. The van der Waals surface area contributed by atoms with Crippen LogP contribution in [0.3, 0.4) is 0 Å². The Morgan fingerprint density at radius 2 is 1.50 bits per heavy atom. The molecule has 1 atom stereocenters. The molecule has 6 aromatic rings. The van der Waals surface area contributed by atoms with E-state index in [1.54, 1.807) is 78.2 Å². The Labute approximate surface area is 321 Å². The highest BCUT2D eigenvalue weighted by molar-refractivity contribution is 8.00. The van der Waals surface area contributed by atoms with Gasteiger partial charge in [-0.3, -0.25) is 14.4 Å². The van der Waals surface area contributed by atoms with Crippen molar-refractivity contribution in [2.75, 3.05) is 10.6 Å². The molecule has 52 heavy (non-hydrogen) atoms. The van der Waals surface area contributed by atoms with Gasteiger partial charge in [-0.05, 0) is 78.4 Å². The van der Waals surface area contributed by atoms with Crippen LogP contribution in [-0.2, 0) is 9.59 Å². The van der Waals surface area contributed by atoms with Crippen molar-refractivity contribution in [1.29, 1.82) is 0 Å². The normalized spacial score (nSPS) is 11.8. The van der Waals surface area contributed by atoms with Gasteiger partial charge in [0.1, 0.15) is 16.8 Å². The number of nitrogens with one attached hydrogen (secondary N) is 3. The Kier molecular flexibility index (Phi) is 12.1. The number of hydrogen-bond acceptors (Lipinski definition) is 6. The first-order valence-electron chi connectivity index (χ1n) is 15.5. The lowest BCUT2D eigenvalue weighted by Gasteiger charge is -2.17. The van der Waals surface area contributed by atoms with Crippen LogP contribution >= 0.6 is 57.9 Å². The van der Waals surface area contributed by atoms with Gasteiger partial charge in [-0.25, -0.2) is 9.37 Å². The van der Waals surface area contributed by atoms with E-state index in [2.05, 4.69) is 20.9 Å². The third kappa shape index (κ3) is 9.27. The van der Waals surface area contributed by atoms with Crippen molar-refractivity contribution in [2.24, 2.45) is 0 Å². The van der Waals surface area contributed by atoms with Crippen molar-refractivity contribution in [3.63, 3.8) is 0 Å². The molecule has 0 bridgehead atoms. The van der Waals surface area contributed by atoms with Gasteiger partial charge in [0, 0.05) is 37.7 Å². The number of amides is 3. The maximum Gasteiger partial charge on any atom is 0.272 e. The first-order valence-corrected chi connectivity index (χ1v) is 18.4. The second-order valence-corrected chi connectivity index (χ2v) is 14.3. The molecule has 3 N–H and O–H groups in total. The van der Waals surface area contributed by atoms with Gasteiger partial charge >= 0.3 is 0 Å². The number of aromatic nitrogens is 1. The average molecular weight is 788 g/mol. The number of hydrogen-bond donors (Lipinski definition) is 3. The molecule has 0 saturated carbocycles. The lowest BCUT2D eigenvalue weighted by Crippen LogP contribution is -2.30. The maximum absolute atomic E-state index is 14.7. The number of carbonyl (C=O) groups excluding carboxylic acids is 3. The van der Waals surface area contributed by atoms with E-state index in [1.165, 1.54) is 47.4 Å². The van der Waals surface area contributed by atoms with E-state index in [1.807, 2.05) is 30.3 Å². The Bertz CT molecular complexity index is 2250. The van der Waals surface area contributed by atoms with E-state index in [4.69, 9.17) is 34.8 Å². The molecule has 1 heterocycles. The number of benzene rings is 5. The lowest BCUT2D eigenvalue weighted by atomic mass is 10.1. The zero-order chi connectivity index (χ0) is 36.6. The molecule has 13 heteroatoms. The topological polar surface area (TPSA) is 100 Å². The Morgan fingerprint density at radius 1 is 0.788 bits per heavy atom. The summed E-state index contributed by atoms with van der Waals surface area (Å²) in [6.45, 7) is 0. The predicted octanol–water partition coefficient (Wildman–Crippen LogP) is 10.8. The first-order chi connectivity index (χ1) is 25.1. The fraction of sp³-hybridized carbons (Fsp3) is 0.0256. The van der Waals surface area contributed by atoms with Crippen LogP contribution in [0.2, 0.25) is 15.1 Å². The van der Waals surface area contributed by atoms with Crippen LogP contribution in [0.5, 0.6) is 0 Å². The molecule has 1 unspecified atom stereocenters. The zero-order valence-corrected chi connectivity index (χ0v) is 30.7. The highest BCUT2D eigenvalue weighted by Gasteiger charge is 2.24. The number of thioether (sulfide) groups is 1. The smallest absolute Gasteiger partial charge is 0.272 e. The molecule has 7 nitrogen and oxygen atoms in total. The molecule has 0 saturated heterocycles. The molecular weight excluding hydrogens is 762 g/mol. The van der Waals surface area contributed by atoms with Crippen molar-refractivity contribution >= 4 is 92.5 Å². The number of carbonyl (C=O) groups is 3. The predicted molar refractivity (Wildman–Crippen MR) is 210 cm³/mol. The highest BCUT2D eigenvalue weighted by atomic mass is 35.5. The summed E-state index contributed by atoms with van der Waals surface area (Å²) in [6, 6.07) is 33.7. The van der Waals surface area contributed by atoms with Gasteiger partial charge in [-0.2, -0.15) is 0 Å². The molecule has 0 aliphatic rings. The highest BCUT2D eigenvalue weighted by Crippen LogP contribution is 2.38. The summed E-state index contributed by atoms with van der Waals surface area (Å²) >= 11 is 21.2. The quantitative estimate of drug-likeness (QED) is 0.0897. The molecule has 1 aromatic heterocycles. The van der Waals surface area contributed by atoms with Crippen molar-refractivity contribution in [3.05, 3.63) is 170 Å². The minimum atomic E-state index is -0.701. The second kappa shape index (κ2) is 17.0. The minimum Gasteiger partial charge on any atom is -0.321 e. The molecule has 3 amide bonds. The van der Waals surface area contributed by atoms with Crippen molar-refractivity contribution in [1.82, 2.24) is 10.3 Å². The van der Waals surface area contributed by atoms with Crippen molar-refractivity contribution < 1.29 is 18.8 Å². The van der Waals surface area contributed by atoms with Crippen LogP contribution in [0.4, 0.5) is 15.2 Å². The molecule has 0 aliphatic heterocycles. The third-order valence-corrected chi connectivity index (χ3v) is 10.4. The van der Waals surface area contributed by atoms with Gasteiger partial charge in [0.05, 0.1) is 15.7 Å². The molecule has 0 radical (unpaired) electrons. The van der Waals surface area contributed by atoms with Gasteiger partial charge in [0.15, 0.2) is 5.13 Å². The first kappa shape index (κ1) is 36.8. The van der Waals surface area contributed by atoms with E-state index >= 15 is 0 Å². The van der Waals surface area contributed by atoms with Crippen LogP contribution in [0.1, 0.15) is 26.7 Å². The Hall–Kier alpha value is -4.97. The molecule has 0 aliphatic carbocycles. The number of nitrogens with zero attached hydrogens (tertiary/aromatic N) is 1. The number of anilines is 2. The van der Waals surface area contributed by atoms with E-state index in [9.17, 15) is 18.8 Å². The summed E-state index contributed by atoms with van der Waals surface area (Å²) in [5.41, 5.74) is 2.51. The van der Waals surface area contributed by atoms with Gasteiger partial charge in [-0.1, -0.05) is 89.4 Å². The summed E-state index contributed by atoms with van der Waals surface area (Å²) < 4.78 is 14.7. The summed E-state index contributed by atoms with van der Waals surface area (Å²) in [6.07, 6.45) is 1.19. The Balaban J connectivity index is 1.19. The zero-order valence-electron chi connectivity index (χ0n) is 26.8. The fourth-order valence-corrected chi connectivity index (χ4v) is 7.37. The van der Waals surface area contributed by atoms with Crippen LogP contribution in [0, 0.1) is 5.82 Å². The van der Waals surface area contributed by atoms with Crippen LogP contribution in [0.15, 0.2) is 137 Å². The summed E-state index contributed by atoms with van der Waals surface area (Å²) in [5.74, 6) is -2.21. The SMILES string of the molecule is O=C(Nc1ccc(SC(C(=O)Nc2nc(-c3ccc(Cl)cc3Cl)cs2)c2ccccc2)cc1)/C(=C/c1c(F)cccc1Cl)NC(=O)c1ccccc1. The van der Waals surface area contributed by atoms with Crippen LogP contribution in [0.25, 0.3) is 17.3 Å². The molecule has 5 aromatic carbocycles. The van der Waals surface area contributed by atoms with Gasteiger partial charge in [0.2, 0.25) is 5.91 Å². The third-order valence-electron chi connectivity index (χ3n) is 7.47. The standard InChI is InChI=1S/C39H26Cl3FN4O3S2/c40-25-14-19-28(31(42)20-25)34-22-51-39(46-34)47-38(50)35(23-8-3-1-4-9-23)52-27-17-15-26(16-18-27)44-37(49)33(21-29-30(41)12-7-13-32(29)43)45-36(48)24-10-5-2-6-11-24/h1-22,35H,(H,44,49)(H,45,48)(H,46,47,50)/b33-21-. The fourth-order valence-electron chi connectivity index (χ4n) is 4.91. The summed E-state index contributed by atoms with van der Waals surface area (Å²) in [7, 11) is 0. The second-order valence-electron chi connectivity index (χ2n) is 11.1. The molecule has 260 valence electrons. The number of thiazole rings is 1. The summed E-state index contributed by atoms with van der Waals surface area (Å²) in [4.78, 5) is 45.5. The largest absolute Gasteiger partial charge is 0.321 e. The monoisotopic (exact) mass is 786 g/mol. The molecular formula is C39H26Cl3FN4O3S2. The van der Waals surface area contributed by atoms with Crippen LogP contribution < -0.4 is 16.0 Å². The van der Waals surface area contributed by atoms with Crippen molar-refractivity contribution in [2.45, 2.75) is 10.1 Å². The van der Waals surface area contributed by atoms with E-state index in [0.29, 0.717) is 37.7 Å². The van der Waals surface area contributed by atoms with E-state index < -0.39 is 22.9 Å².